The number of benzene rings is 3. The van der Waals surface area contributed by atoms with E-state index in [1.54, 1.807) is 60.7 Å². The van der Waals surface area contributed by atoms with E-state index in [0.717, 1.165) is 12.0 Å². The van der Waals surface area contributed by atoms with Crippen LogP contribution in [0.4, 0.5) is 21.0 Å². The number of carbonyl (C=O) groups excluding carboxylic acids is 7. The molecule has 3 aromatic carbocycles. The van der Waals surface area contributed by atoms with Crippen molar-refractivity contribution in [2.75, 3.05) is 24.3 Å². The third-order valence-electron chi connectivity index (χ3n) is 12.3. The van der Waals surface area contributed by atoms with E-state index >= 15 is 0 Å². The number of nitrogens with two attached hydrogens (primary N) is 1. The summed E-state index contributed by atoms with van der Waals surface area (Å²) >= 11 is 0. The van der Waals surface area contributed by atoms with E-state index in [9.17, 15) is 63.3 Å². The summed E-state index contributed by atoms with van der Waals surface area (Å²) in [7, 11) is 1.45. The second-order valence-corrected chi connectivity index (χ2v) is 18.0. The molecule has 13 N–H and O–H groups in total. The number of carbonyl (C=O) groups is 10. The number of aryl methyl sites for hydroxylation is 1. The Bertz CT molecular complexity index is 2430. The van der Waals surface area contributed by atoms with Gasteiger partial charge in [0.2, 0.25) is 29.5 Å². The molecule has 0 spiro atoms. The summed E-state index contributed by atoms with van der Waals surface area (Å²) in [5.74, 6) is -8.51. The van der Waals surface area contributed by atoms with Gasteiger partial charge in [-0.3, -0.25) is 33.6 Å². The molecule has 0 bridgehead atoms. The van der Waals surface area contributed by atoms with E-state index in [1.807, 2.05) is 19.1 Å². The van der Waals surface area contributed by atoms with Gasteiger partial charge in [0.25, 0.3) is 0 Å². The number of methoxy groups -OCH3 is 1. The van der Waals surface area contributed by atoms with Gasteiger partial charge in [-0.25, -0.2) is 14.4 Å². The summed E-state index contributed by atoms with van der Waals surface area (Å²) in [5, 5.41) is 49.9. The molecule has 400 valence electrons. The number of primary amides is 1. The van der Waals surface area contributed by atoms with E-state index in [1.165, 1.54) is 7.11 Å². The average molecular weight is 1030 g/mol. The minimum absolute atomic E-state index is 0.0172. The minimum atomic E-state index is -1.79. The van der Waals surface area contributed by atoms with Crippen LogP contribution in [-0.4, -0.2) is 119 Å². The van der Waals surface area contributed by atoms with E-state index in [0.29, 0.717) is 60.4 Å². The zero-order valence-corrected chi connectivity index (χ0v) is 41.4. The highest BCUT2D eigenvalue weighted by Crippen LogP contribution is 2.27. The van der Waals surface area contributed by atoms with Crippen molar-refractivity contribution in [1.29, 1.82) is 0 Å². The van der Waals surface area contributed by atoms with Crippen LogP contribution >= 0.6 is 0 Å². The van der Waals surface area contributed by atoms with Crippen molar-refractivity contribution >= 4 is 70.9 Å². The number of hydrogen-bond acceptors (Lipinski definition) is 11. The first-order chi connectivity index (χ1) is 35.3. The zero-order valence-electron chi connectivity index (χ0n) is 41.4. The molecule has 1 fully saturated rings. The predicted octanol–water partition coefficient (Wildman–Crippen LogP) is 3.09. The highest BCUT2D eigenvalue weighted by molar-refractivity contribution is 6.00. The molecule has 1 unspecified atom stereocenters. The molecule has 1 saturated carbocycles. The van der Waals surface area contributed by atoms with Gasteiger partial charge in [0.15, 0.2) is 0 Å². The van der Waals surface area contributed by atoms with Crippen molar-refractivity contribution in [3.63, 3.8) is 0 Å². The van der Waals surface area contributed by atoms with Crippen LogP contribution in [0.25, 0.3) is 0 Å². The molecule has 9 amide bonds. The lowest BCUT2D eigenvalue weighted by molar-refractivity contribution is -0.144. The number of ether oxygens (including phenoxy) is 1. The van der Waals surface area contributed by atoms with Crippen molar-refractivity contribution in [2.45, 2.75) is 127 Å². The molecule has 0 aliphatic heterocycles. The number of hydrogen-bond donors (Lipinski definition) is 12. The fourth-order valence-corrected chi connectivity index (χ4v) is 8.32. The van der Waals surface area contributed by atoms with Gasteiger partial charge in [0.1, 0.15) is 36.0 Å². The number of amides is 9. The molecule has 23 nitrogen and oxygen atoms in total. The van der Waals surface area contributed by atoms with Crippen LogP contribution in [0.3, 0.4) is 0 Å². The summed E-state index contributed by atoms with van der Waals surface area (Å²) < 4.78 is 5.14. The van der Waals surface area contributed by atoms with Gasteiger partial charge in [0, 0.05) is 30.8 Å². The van der Waals surface area contributed by atoms with Crippen LogP contribution in [0, 0.1) is 12.8 Å². The Labute approximate surface area is 427 Å². The second kappa shape index (κ2) is 29.9. The topological polar surface area (TPSA) is 363 Å². The van der Waals surface area contributed by atoms with Crippen molar-refractivity contribution in [3.8, 4) is 5.75 Å². The maximum absolute atomic E-state index is 14.3. The molecule has 0 aromatic heterocycles. The molecule has 0 saturated heterocycles. The first-order valence-corrected chi connectivity index (χ1v) is 24.4. The molecule has 74 heavy (non-hydrogen) atoms. The molecular weight excluding hydrogens is 963 g/mol. The van der Waals surface area contributed by atoms with Crippen molar-refractivity contribution in [1.82, 2.24) is 31.9 Å². The van der Waals surface area contributed by atoms with E-state index in [-0.39, 0.29) is 45.1 Å². The molecule has 23 heteroatoms. The molecule has 4 rings (SSSR count). The lowest BCUT2D eigenvalue weighted by Crippen LogP contribution is -2.60. The normalized spacial score (nSPS) is 14.2. The SMILES string of the molecule is COc1ccc(C[C@@H](NC(=O)C(CC(=O)O)NC(=O)[C@H](NC(=O)[C@H](CCCC(=O)O)NC(=O)[C@H](CCCCNC(N)=O)NC(=O)Cc2ccc(NC(=O)Nc3ccccc3C)cc2)C2CCCCC2)C(=O)O)cc1. The summed E-state index contributed by atoms with van der Waals surface area (Å²) in [6.07, 6.45) is 1.58. The van der Waals surface area contributed by atoms with Crippen LogP contribution in [0.15, 0.2) is 72.8 Å². The fourth-order valence-electron chi connectivity index (χ4n) is 8.32. The van der Waals surface area contributed by atoms with Gasteiger partial charge in [-0.15, -0.1) is 0 Å². The quantitative estimate of drug-likeness (QED) is 0.0445. The summed E-state index contributed by atoms with van der Waals surface area (Å²) in [6.45, 7) is 2.01. The number of nitrogens with one attached hydrogen (secondary N) is 8. The number of unbranched alkanes of at least 4 members (excludes halogenated alkanes) is 1. The minimum Gasteiger partial charge on any atom is -0.497 e. The third-order valence-corrected chi connectivity index (χ3v) is 12.3. The monoisotopic (exact) mass is 1030 g/mol. The Morgan fingerprint density at radius 1 is 0.635 bits per heavy atom. The first-order valence-electron chi connectivity index (χ1n) is 24.4. The van der Waals surface area contributed by atoms with Crippen molar-refractivity contribution in [2.24, 2.45) is 11.7 Å². The standard InChI is InChI=1S/C51H67N9O14/c1-30-11-6-7-14-36(30)59-51(73)54-34-22-18-32(19-23-34)28-41(61)55-37(15-8-9-26-53-50(52)72)45(66)56-38(16-10-17-42(62)63)46(67)60-44(33-12-4-3-5-13-33)48(69)57-39(29-43(64)65)47(68)58-40(49(70)71)27-31-20-24-35(74-2)25-21-31/h6-7,11,14,18-25,33,37-40,44H,3-5,8-10,12-13,15-17,26-29H2,1-2H3,(H,55,61)(H,56,66)(H,57,69)(H,58,68)(H,60,67)(H,62,63)(H,64,65)(H,70,71)(H3,52,53,72)(H2,54,59,73)/t37-,38-,39?,40+,44+/m0/s1. The molecule has 3 aromatic rings. The number of anilines is 2. The van der Waals surface area contributed by atoms with Crippen LogP contribution in [-0.2, 0) is 51.2 Å². The Kier molecular flexibility index (Phi) is 23.6. The highest BCUT2D eigenvalue weighted by Gasteiger charge is 2.37. The van der Waals surface area contributed by atoms with Gasteiger partial charge in [0.05, 0.1) is 20.0 Å². The van der Waals surface area contributed by atoms with E-state index < -0.39 is 108 Å². The van der Waals surface area contributed by atoms with Gasteiger partial charge >= 0.3 is 30.0 Å². The maximum Gasteiger partial charge on any atom is 0.326 e. The number of urea groups is 2. The van der Waals surface area contributed by atoms with Gasteiger partial charge in [-0.2, -0.15) is 0 Å². The van der Waals surface area contributed by atoms with E-state index in [2.05, 4.69) is 42.5 Å². The van der Waals surface area contributed by atoms with Crippen molar-refractivity contribution in [3.05, 3.63) is 89.5 Å². The Morgan fingerprint density at radius 3 is 1.85 bits per heavy atom. The van der Waals surface area contributed by atoms with E-state index in [4.69, 9.17) is 10.5 Å². The van der Waals surface area contributed by atoms with Crippen LogP contribution in [0.5, 0.6) is 5.75 Å². The van der Waals surface area contributed by atoms with Crippen LogP contribution in [0.2, 0.25) is 0 Å². The smallest absolute Gasteiger partial charge is 0.326 e. The first kappa shape index (κ1) is 58.3. The highest BCUT2D eigenvalue weighted by atomic mass is 16.5. The molecular formula is C51H67N9O14. The Hall–Kier alpha value is -8.24. The Balaban J connectivity index is 1.51. The summed E-state index contributed by atoms with van der Waals surface area (Å²) in [6, 6.07) is 11.3. The van der Waals surface area contributed by atoms with Crippen LogP contribution in [0.1, 0.15) is 93.7 Å². The number of aliphatic carboxylic acids is 3. The van der Waals surface area contributed by atoms with Crippen molar-refractivity contribution < 1.29 is 68.0 Å². The number of para-hydroxylation sites is 1. The molecule has 1 aliphatic carbocycles. The average Bonchev–Trinajstić information content (AvgIpc) is 3.35. The second-order valence-electron chi connectivity index (χ2n) is 18.0. The summed E-state index contributed by atoms with van der Waals surface area (Å²) in [4.78, 5) is 130. The maximum atomic E-state index is 14.3. The predicted molar refractivity (Wildman–Crippen MR) is 270 cm³/mol. The zero-order chi connectivity index (χ0) is 54.2. The van der Waals surface area contributed by atoms with Gasteiger partial charge in [-0.1, -0.05) is 61.7 Å². The molecule has 0 heterocycles. The lowest BCUT2D eigenvalue weighted by Gasteiger charge is -2.32. The summed E-state index contributed by atoms with van der Waals surface area (Å²) in [5.41, 5.74) is 8.15. The molecule has 1 aliphatic rings. The third kappa shape index (κ3) is 20.5. The molecule has 0 radical (unpaired) electrons. The number of carboxylic acids is 3. The lowest BCUT2D eigenvalue weighted by atomic mass is 9.83. The number of carboxylic acid groups (broad SMARTS) is 3. The van der Waals surface area contributed by atoms with Gasteiger partial charge < -0.3 is 68.3 Å². The van der Waals surface area contributed by atoms with Gasteiger partial charge in [-0.05, 0) is 105 Å². The Morgan fingerprint density at radius 2 is 1.23 bits per heavy atom. The number of rotatable bonds is 29. The fraction of sp³-hybridized carbons (Fsp3) is 0.451. The molecule has 5 atom stereocenters. The van der Waals surface area contributed by atoms with Crippen LogP contribution < -0.4 is 53.0 Å². The largest absolute Gasteiger partial charge is 0.497 e.